The van der Waals surface area contributed by atoms with Crippen molar-refractivity contribution >= 4 is 0 Å². The van der Waals surface area contributed by atoms with Crippen LogP contribution in [0.3, 0.4) is 0 Å². The Hall–Kier alpha value is -1.61. The highest BCUT2D eigenvalue weighted by atomic mass is 16.5. The monoisotopic (exact) mass is 244 g/mol. The van der Waals surface area contributed by atoms with Crippen molar-refractivity contribution in [3.05, 3.63) is 53.4 Å². The Morgan fingerprint density at radius 1 is 1.22 bits per heavy atom. The third-order valence-electron chi connectivity index (χ3n) is 3.04. The van der Waals surface area contributed by atoms with Crippen molar-refractivity contribution in [1.82, 2.24) is 5.16 Å². The zero-order valence-electron chi connectivity index (χ0n) is 11.0. The number of hydrogen-bond acceptors (Lipinski definition) is 3. The van der Waals surface area contributed by atoms with Gasteiger partial charge in [-0.05, 0) is 17.5 Å². The molecule has 0 fully saturated rings. The van der Waals surface area contributed by atoms with Gasteiger partial charge in [-0.25, -0.2) is 0 Å². The molecule has 0 saturated carbocycles. The van der Waals surface area contributed by atoms with Crippen LogP contribution >= 0.6 is 0 Å². The number of nitrogens with two attached hydrogens (primary N) is 1. The van der Waals surface area contributed by atoms with Gasteiger partial charge in [-0.3, -0.25) is 0 Å². The molecule has 2 N–H and O–H groups in total. The Kier molecular flexibility index (Phi) is 3.82. The lowest BCUT2D eigenvalue weighted by molar-refractivity contribution is 0.304. The number of rotatable bonds is 5. The molecule has 0 saturated heterocycles. The van der Waals surface area contributed by atoms with Crippen LogP contribution in [0.25, 0.3) is 0 Å². The van der Waals surface area contributed by atoms with Gasteiger partial charge in [0.05, 0.1) is 5.69 Å². The summed E-state index contributed by atoms with van der Waals surface area (Å²) in [6.07, 6.45) is 1.64. The molecule has 1 aromatic heterocycles. The topological polar surface area (TPSA) is 52.0 Å². The van der Waals surface area contributed by atoms with Crippen molar-refractivity contribution in [2.75, 3.05) is 6.54 Å². The van der Waals surface area contributed by atoms with Crippen LogP contribution in [0, 0.1) is 5.41 Å². The molecule has 0 spiro atoms. The Labute approximate surface area is 108 Å². The van der Waals surface area contributed by atoms with Gasteiger partial charge in [0.1, 0.15) is 5.76 Å². The van der Waals surface area contributed by atoms with Crippen LogP contribution in [0.1, 0.15) is 30.9 Å². The quantitative estimate of drug-likeness (QED) is 0.880. The Morgan fingerprint density at radius 2 is 1.94 bits per heavy atom. The van der Waals surface area contributed by atoms with Gasteiger partial charge in [-0.2, -0.15) is 0 Å². The molecule has 0 aliphatic heterocycles. The smallest absolute Gasteiger partial charge is 0.137 e. The average Bonchev–Trinajstić information content (AvgIpc) is 2.77. The van der Waals surface area contributed by atoms with Gasteiger partial charge in [0.15, 0.2) is 0 Å². The predicted molar refractivity (Wildman–Crippen MR) is 72.3 cm³/mol. The minimum Gasteiger partial charge on any atom is -0.361 e. The van der Waals surface area contributed by atoms with Gasteiger partial charge in [0, 0.05) is 18.9 Å². The van der Waals surface area contributed by atoms with Crippen molar-refractivity contribution in [1.29, 1.82) is 0 Å². The fourth-order valence-electron chi connectivity index (χ4n) is 1.87. The van der Waals surface area contributed by atoms with Crippen LogP contribution in [-0.2, 0) is 12.8 Å². The lowest BCUT2D eigenvalue weighted by Gasteiger charge is -2.19. The largest absolute Gasteiger partial charge is 0.361 e. The molecule has 18 heavy (non-hydrogen) atoms. The Bertz CT molecular complexity index is 488. The average molecular weight is 244 g/mol. The first-order valence-electron chi connectivity index (χ1n) is 6.27. The summed E-state index contributed by atoms with van der Waals surface area (Å²) in [5, 5.41) is 4.11. The summed E-state index contributed by atoms with van der Waals surface area (Å²) in [6.45, 7) is 4.90. The maximum Gasteiger partial charge on any atom is 0.137 e. The molecule has 1 heterocycles. The molecule has 0 aliphatic rings. The SMILES string of the molecule is CC(C)(CN)Cc1cc(Cc2ccccc2)no1. The second kappa shape index (κ2) is 5.36. The predicted octanol–water partition coefficient (Wildman–Crippen LogP) is 2.79. The van der Waals surface area contributed by atoms with Crippen LogP contribution in [0.5, 0.6) is 0 Å². The summed E-state index contributed by atoms with van der Waals surface area (Å²) < 4.78 is 5.37. The second-order valence-electron chi connectivity index (χ2n) is 5.49. The minimum absolute atomic E-state index is 0.0591. The van der Waals surface area contributed by atoms with Crippen molar-refractivity contribution in [3.63, 3.8) is 0 Å². The van der Waals surface area contributed by atoms with E-state index in [4.69, 9.17) is 10.3 Å². The van der Waals surface area contributed by atoms with Crippen molar-refractivity contribution < 1.29 is 4.52 Å². The van der Waals surface area contributed by atoms with E-state index in [1.54, 1.807) is 0 Å². The van der Waals surface area contributed by atoms with Crippen LogP contribution in [0.4, 0.5) is 0 Å². The molecular formula is C15H20N2O. The summed E-state index contributed by atoms with van der Waals surface area (Å²) in [5.74, 6) is 0.913. The van der Waals surface area contributed by atoms with E-state index >= 15 is 0 Å². The lowest BCUT2D eigenvalue weighted by atomic mass is 9.88. The van der Waals surface area contributed by atoms with Gasteiger partial charge in [-0.15, -0.1) is 0 Å². The first-order chi connectivity index (χ1) is 8.59. The molecule has 2 rings (SSSR count). The number of benzene rings is 1. The van der Waals surface area contributed by atoms with E-state index in [1.165, 1.54) is 5.56 Å². The van der Waals surface area contributed by atoms with Crippen LogP contribution in [0.2, 0.25) is 0 Å². The molecule has 2 aromatic rings. The van der Waals surface area contributed by atoms with Gasteiger partial charge < -0.3 is 10.3 Å². The van der Waals surface area contributed by atoms with Crippen LogP contribution < -0.4 is 5.73 Å². The molecular weight excluding hydrogens is 224 g/mol. The van der Waals surface area contributed by atoms with Crippen molar-refractivity contribution in [3.8, 4) is 0 Å². The van der Waals surface area contributed by atoms with E-state index in [9.17, 15) is 0 Å². The molecule has 3 heteroatoms. The van der Waals surface area contributed by atoms with Crippen molar-refractivity contribution in [2.24, 2.45) is 11.1 Å². The number of nitrogens with zero attached hydrogens (tertiary/aromatic N) is 1. The molecule has 96 valence electrons. The van der Waals surface area contributed by atoms with E-state index < -0.39 is 0 Å². The summed E-state index contributed by atoms with van der Waals surface area (Å²) in [5.41, 5.74) is 8.00. The first-order valence-corrected chi connectivity index (χ1v) is 6.27. The first kappa shape index (κ1) is 12.8. The normalized spacial score (nSPS) is 11.7. The van der Waals surface area contributed by atoms with Crippen LogP contribution in [0.15, 0.2) is 40.9 Å². The van der Waals surface area contributed by atoms with Gasteiger partial charge in [0.2, 0.25) is 0 Å². The highest BCUT2D eigenvalue weighted by Crippen LogP contribution is 2.21. The van der Waals surface area contributed by atoms with E-state index in [-0.39, 0.29) is 5.41 Å². The Balaban J connectivity index is 2.03. The fraction of sp³-hybridized carbons (Fsp3) is 0.400. The number of hydrogen-bond donors (Lipinski definition) is 1. The molecule has 3 nitrogen and oxygen atoms in total. The molecule has 1 aromatic carbocycles. The van der Waals surface area contributed by atoms with E-state index in [0.29, 0.717) is 6.54 Å². The van der Waals surface area contributed by atoms with Gasteiger partial charge in [-0.1, -0.05) is 49.3 Å². The molecule has 0 bridgehead atoms. The summed E-state index contributed by atoms with van der Waals surface area (Å²) in [7, 11) is 0. The fourth-order valence-corrected chi connectivity index (χ4v) is 1.87. The van der Waals surface area contributed by atoms with E-state index in [0.717, 1.165) is 24.3 Å². The molecule has 0 radical (unpaired) electrons. The highest BCUT2D eigenvalue weighted by molar-refractivity contribution is 5.21. The summed E-state index contributed by atoms with van der Waals surface area (Å²) >= 11 is 0. The van der Waals surface area contributed by atoms with Gasteiger partial charge >= 0.3 is 0 Å². The molecule has 0 unspecified atom stereocenters. The van der Waals surface area contributed by atoms with Crippen molar-refractivity contribution in [2.45, 2.75) is 26.7 Å². The maximum atomic E-state index is 5.72. The number of aromatic nitrogens is 1. The third-order valence-corrected chi connectivity index (χ3v) is 3.04. The third kappa shape index (κ3) is 3.44. The molecule has 0 aliphatic carbocycles. The zero-order chi connectivity index (χ0) is 13.0. The summed E-state index contributed by atoms with van der Waals surface area (Å²) in [6, 6.07) is 12.3. The lowest BCUT2D eigenvalue weighted by Crippen LogP contribution is -2.25. The van der Waals surface area contributed by atoms with Crippen LogP contribution in [-0.4, -0.2) is 11.7 Å². The van der Waals surface area contributed by atoms with E-state index in [2.05, 4.69) is 31.1 Å². The minimum atomic E-state index is 0.0591. The second-order valence-corrected chi connectivity index (χ2v) is 5.49. The molecule has 0 atom stereocenters. The standard InChI is InChI=1S/C15H20N2O/c1-15(2,11-16)10-14-9-13(17-18-14)8-12-6-4-3-5-7-12/h3-7,9H,8,10-11,16H2,1-2H3. The zero-order valence-corrected chi connectivity index (χ0v) is 11.0. The highest BCUT2D eigenvalue weighted by Gasteiger charge is 2.19. The maximum absolute atomic E-state index is 5.72. The Morgan fingerprint density at radius 3 is 2.61 bits per heavy atom. The van der Waals surface area contributed by atoms with E-state index in [1.807, 2.05) is 24.3 Å². The molecule has 0 amide bonds. The van der Waals surface area contributed by atoms with Gasteiger partial charge in [0.25, 0.3) is 0 Å². The summed E-state index contributed by atoms with van der Waals surface area (Å²) in [4.78, 5) is 0.